The number of carbonyl (C=O) groups excluding carboxylic acids is 3. The third-order valence-electron chi connectivity index (χ3n) is 14.2. The quantitative estimate of drug-likeness (QED) is 0.0475. The Balaban J connectivity index is 0.00000817. The van der Waals surface area contributed by atoms with Crippen molar-refractivity contribution in [3.8, 4) is 0 Å². The summed E-state index contributed by atoms with van der Waals surface area (Å²) in [5.74, 6) is -0.904. The van der Waals surface area contributed by atoms with Gasteiger partial charge in [-0.2, -0.15) is 0 Å². The SMILES string of the molecule is C=Cc1c(C)c2cc3nc(c4c5[n-]c(cc6nc(cc1[n-]2)C(CO)=C6CC)c(C)c5C(=O)[C@@H]4C(=O)OC)[C@@H](CCC(=O)OC/C=C(\C)CCC[C@H](C)CCC[C@H](C)CCCC(C)C)[C@@H]3C.[Mg+2]. The van der Waals surface area contributed by atoms with Gasteiger partial charge in [0.05, 0.1) is 25.1 Å². The molecule has 6 rings (SSSR count). The molecule has 0 fully saturated rings. The third-order valence-corrected chi connectivity index (χ3v) is 14.2. The number of hydrogen-bond donors (Lipinski definition) is 1. The number of nitrogens with zero attached hydrogens (tertiary/aromatic N) is 4. The molecule has 2 aliphatic heterocycles. The molecule has 1 aliphatic carbocycles. The molecule has 0 saturated carbocycles. The fourth-order valence-corrected chi connectivity index (χ4v) is 10.1. The summed E-state index contributed by atoms with van der Waals surface area (Å²) < 4.78 is 11.0. The van der Waals surface area contributed by atoms with Crippen LogP contribution in [0, 0.1) is 31.6 Å². The number of allylic oxidation sites excluding steroid dienone is 2. The molecule has 350 valence electrons. The molecule has 8 bridgehead atoms. The number of hydrogen-bond acceptors (Lipinski definition) is 8. The Morgan fingerprint density at radius 1 is 0.879 bits per heavy atom. The number of carbonyl (C=O) groups is 3. The predicted octanol–water partition coefficient (Wildman–Crippen LogP) is 11.8. The standard InChI is InChI=1S/C55H73N4O6.Mg/c1-12-38-35(8)42-27-43-36(9)40(23-24-48(61)65-26-25-34(7)22-16-21-33(6)20-15-19-32(5)18-14-17-31(3)4)52(58-43)50-51(55(63)64-11)54(62)49-37(10)44(59-53(49)50)28-46-39(13-2)41(30-60)47(57-46)29-45(38)56-42;/h12,25,27-29,31-33,36,40,51,60H,1,13-24,26,30H2,2-11H3,(H-,56,57,58,59,62);/q-1;+2/p-1/b34-25+;/t32-,33-,36+,40+,51-;/m1./s1. The smallest absolute Gasteiger partial charge is 0.657 e. The van der Waals surface area contributed by atoms with Gasteiger partial charge in [-0.05, 0) is 87.0 Å². The van der Waals surface area contributed by atoms with Crippen molar-refractivity contribution in [1.29, 1.82) is 0 Å². The first-order chi connectivity index (χ1) is 31.1. The first-order valence-electron chi connectivity index (χ1n) is 24.2. The summed E-state index contributed by atoms with van der Waals surface area (Å²) in [6.07, 6.45) is 16.1. The summed E-state index contributed by atoms with van der Waals surface area (Å²) in [6.45, 7) is 23.5. The van der Waals surface area contributed by atoms with Crippen LogP contribution in [-0.2, 0) is 19.1 Å². The normalized spacial score (nSPS) is 17.8. The summed E-state index contributed by atoms with van der Waals surface area (Å²) in [4.78, 5) is 61.7. The molecule has 0 amide bonds. The van der Waals surface area contributed by atoms with Gasteiger partial charge in [-0.1, -0.05) is 134 Å². The summed E-state index contributed by atoms with van der Waals surface area (Å²) in [7, 11) is 1.28. The second-order valence-electron chi connectivity index (χ2n) is 19.4. The second kappa shape index (κ2) is 23.6. The molecule has 0 unspecified atom stereocenters. The molecule has 3 aliphatic rings. The maximum absolute atomic E-state index is 14.4. The molecule has 66 heavy (non-hydrogen) atoms. The topological polar surface area (TPSA) is 144 Å². The third kappa shape index (κ3) is 11.7. The number of methoxy groups -OCH3 is 1. The molecule has 0 saturated heterocycles. The van der Waals surface area contributed by atoms with Crippen LogP contribution in [0.5, 0.6) is 0 Å². The van der Waals surface area contributed by atoms with Crippen LogP contribution in [0.15, 0.2) is 36.4 Å². The number of aliphatic hydroxyl groups is 1. The van der Waals surface area contributed by atoms with Crippen molar-refractivity contribution in [2.24, 2.45) is 17.8 Å². The largest absolute Gasteiger partial charge is 2.00 e. The van der Waals surface area contributed by atoms with E-state index in [-0.39, 0.29) is 60.5 Å². The molecule has 0 radical (unpaired) electrons. The summed E-state index contributed by atoms with van der Waals surface area (Å²) in [5, 5.41) is 10.6. The number of aryl methyl sites for hydroxylation is 2. The Morgan fingerprint density at radius 2 is 1.52 bits per heavy atom. The van der Waals surface area contributed by atoms with Crippen LogP contribution in [0.3, 0.4) is 0 Å². The number of fused-ring (bicyclic) bond motifs is 8. The average molecular weight is 910 g/mol. The fraction of sp³-hybridized carbons (Fsp3) is 0.545. The van der Waals surface area contributed by atoms with E-state index in [4.69, 9.17) is 29.4 Å². The van der Waals surface area contributed by atoms with E-state index < -0.39 is 17.7 Å². The molecular weight excluding hydrogens is 837 g/mol. The van der Waals surface area contributed by atoms with Gasteiger partial charge in [-0.3, -0.25) is 19.4 Å². The Morgan fingerprint density at radius 3 is 2.15 bits per heavy atom. The zero-order chi connectivity index (χ0) is 47.1. The fourth-order valence-electron chi connectivity index (χ4n) is 10.1. The molecule has 10 nitrogen and oxygen atoms in total. The van der Waals surface area contributed by atoms with E-state index in [9.17, 15) is 19.5 Å². The van der Waals surface area contributed by atoms with Crippen molar-refractivity contribution in [1.82, 2.24) is 19.9 Å². The number of Topliss-reactive ketones (excluding diaryl/α,β-unsaturated/α-hetero) is 1. The van der Waals surface area contributed by atoms with Crippen molar-refractivity contribution < 1.29 is 29.0 Å². The number of esters is 2. The van der Waals surface area contributed by atoms with E-state index in [1.807, 2.05) is 45.0 Å². The van der Waals surface area contributed by atoms with Gasteiger partial charge in [0.1, 0.15) is 12.5 Å². The van der Waals surface area contributed by atoms with Crippen molar-refractivity contribution in [3.05, 3.63) is 87.0 Å². The van der Waals surface area contributed by atoms with Crippen molar-refractivity contribution >= 4 is 80.1 Å². The number of ether oxygens (including phenoxy) is 2. The van der Waals surface area contributed by atoms with Gasteiger partial charge in [-0.25, -0.2) is 4.98 Å². The van der Waals surface area contributed by atoms with E-state index in [1.165, 1.54) is 57.6 Å². The Bertz CT molecular complexity index is 2510. The van der Waals surface area contributed by atoms with Gasteiger partial charge in [0.15, 0.2) is 5.78 Å². The monoisotopic (exact) mass is 909 g/mol. The van der Waals surface area contributed by atoms with Gasteiger partial charge >= 0.3 is 35.0 Å². The maximum Gasteiger partial charge on any atom is 2.00 e. The molecule has 5 heterocycles. The van der Waals surface area contributed by atoms with Gasteiger partial charge in [0.25, 0.3) is 0 Å². The van der Waals surface area contributed by atoms with E-state index in [0.717, 1.165) is 41.4 Å². The molecule has 5 atom stereocenters. The zero-order valence-corrected chi connectivity index (χ0v) is 42.9. The molecular formula is C55H72MgN4O6. The summed E-state index contributed by atoms with van der Waals surface area (Å²) in [6, 6.07) is 5.69. The minimum atomic E-state index is -1.25. The molecule has 1 N–H and O–H groups in total. The first-order valence-corrected chi connectivity index (χ1v) is 24.2. The first kappa shape index (κ1) is 52.6. The minimum Gasteiger partial charge on any atom is -0.657 e. The molecule has 0 aromatic carbocycles. The summed E-state index contributed by atoms with van der Waals surface area (Å²) >= 11 is 0. The van der Waals surface area contributed by atoms with Gasteiger partial charge in [-0.15, -0.1) is 22.1 Å². The number of aliphatic hydroxyl groups excluding tert-OH is 1. The number of aromatic nitrogens is 4. The van der Waals surface area contributed by atoms with Crippen LogP contribution >= 0.6 is 0 Å². The number of ketones is 1. The van der Waals surface area contributed by atoms with E-state index in [1.54, 1.807) is 6.08 Å². The van der Waals surface area contributed by atoms with Crippen molar-refractivity contribution in [3.63, 3.8) is 0 Å². The van der Waals surface area contributed by atoms with Gasteiger partial charge in [0, 0.05) is 40.8 Å². The van der Waals surface area contributed by atoms with Crippen molar-refractivity contribution in [2.75, 3.05) is 20.3 Å². The molecule has 11 heteroatoms. The molecule has 3 aromatic heterocycles. The van der Waals surface area contributed by atoms with Gasteiger partial charge < -0.3 is 24.5 Å². The molecule has 0 spiro atoms. The number of rotatable bonds is 21. The van der Waals surface area contributed by atoms with Crippen LogP contribution in [0.1, 0.15) is 199 Å². The van der Waals surface area contributed by atoms with Crippen LogP contribution in [-0.4, -0.2) is 76.2 Å². The second-order valence-corrected chi connectivity index (χ2v) is 19.4. The summed E-state index contributed by atoms with van der Waals surface area (Å²) in [5.41, 5.74) is 10.7. The Hall–Kier alpha value is -4.32. The predicted molar refractivity (Wildman–Crippen MR) is 267 cm³/mol. The minimum absolute atomic E-state index is 0. The molecule has 3 aromatic rings. The van der Waals surface area contributed by atoms with E-state index in [2.05, 4.69) is 48.1 Å². The van der Waals surface area contributed by atoms with Crippen LogP contribution in [0.25, 0.3) is 39.3 Å². The maximum atomic E-state index is 14.4. The Labute approximate surface area is 409 Å². The average Bonchev–Trinajstić information content (AvgIpc) is 4.02. The Kier molecular flexibility index (Phi) is 18.8. The van der Waals surface area contributed by atoms with Crippen LogP contribution in [0.4, 0.5) is 0 Å². The van der Waals surface area contributed by atoms with E-state index >= 15 is 0 Å². The van der Waals surface area contributed by atoms with Crippen LogP contribution in [0.2, 0.25) is 0 Å². The van der Waals surface area contributed by atoms with Gasteiger partial charge in [0.2, 0.25) is 0 Å². The zero-order valence-electron chi connectivity index (χ0n) is 41.4. The van der Waals surface area contributed by atoms with Crippen LogP contribution < -0.4 is 9.97 Å². The van der Waals surface area contributed by atoms with E-state index in [0.29, 0.717) is 85.9 Å². The van der Waals surface area contributed by atoms with Crippen molar-refractivity contribution in [2.45, 2.75) is 157 Å².